The summed E-state index contributed by atoms with van der Waals surface area (Å²) in [5.74, 6) is 0.363. The van der Waals surface area contributed by atoms with Crippen LogP contribution in [0.1, 0.15) is 42.1 Å². The van der Waals surface area contributed by atoms with Gasteiger partial charge >= 0.3 is 0 Å². The lowest BCUT2D eigenvalue weighted by molar-refractivity contribution is 0.464. The summed E-state index contributed by atoms with van der Waals surface area (Å²) < 4.78 is 0. The van der Waals surface area contributed by atoms with Crippen LogP contribution in [0.25, 0.3) is 0 Å². The largest absolute Gasteiger partial charge is 0.508 e. The first-order valence-electron chi connectivity index (χ1n) is 6.72. The molecule has 0 radical (unpaired) electrons. The van der Waals surface area contributed by atoms with Gasteiger partial charge in [-0.2, -0.15) is 0 Å². The second kappa shape index (κ2) is 5.02. The Kier molecular flexibility index (Phi) is 3.22. The smallest absolute Gasteiger partial charge is 0.115 e. The molecule has 1 unspecified atom stereocenters. The molecule has 0 aliphatic heterocycles. The maximum absolute atomic E-state index is 9.52. The molecule has 1 aromatic carbocycles. The zero-order chi connectivity index (χ0) is 13.2. The van der Waals surface area contributed by atoms with E-state index in [-0.39, 0.29) is 0 Å². The number of nitrogens with zero attached hydrogens (tertiary/aromatic N) is 1. The first kappa shape index (κ1) is 12.2. The van der Waals surface area contributed by atoms with Gasteiger partial charge in [0.05, 0.1) is 0 Å². The monoisotopic (exact) mass is 254 g/mol. The van der Waals surface area contributed by atoms with Crippen molar-refractivity contribution in [2.75, 3.05) is 0 Å². The molecule has 2 aromatic rings. The molecular weight excluding hydrogens is 236 g/mol. The van der Waals surface area contributed by atoms with Crippen LogP contribution in [0.4, 0.5) is 0 Å². The third-order valence-electron chi connectivity index (χ3n) is 3.86. The minimum atomic E-state index is 0.299. The second-order valence-corrected chi connectivity index (χ2v) is 5.14. The van der Waals surface area contributed by atoms with E-state index < -0.39 is 0 Å². The Bertz CT molecular complexity index is 568. The number of aromatic hydroxyl groups is 1. The number of phenols is 1. The number of hydrogen-bond acceptors (Lipinski definition) is 3. The van der Waals surface area contributed by atoms with Gasteiger partial charge in [0.25, 0.3) is 0 Å². The summed E-state index contributed by atoms with van der Waals surface area (Å²) in [6.45, 7) is 2.17. The van der Waals surface area contributed by atoms with Crippen LogP contribution in [-0.4, -0.2) is 10.1 Å². The first-order chi connectivity index (χ1) is 9.24. The number of nitrogens with one attached hydrogen (secondary N) is 1. The van der Waals surface area contributed by atoms with Crippen LogP contribution < -0.4 is 5.32 Å². The van der Waals surface area contributed by atoms with Crippen LogP contribution in [0.15, 0.2) is 42.7 Å². The molecule has 1 aliphatic rings. The van der Waals surface area contributed by atoms with E-state index in [1.165, 1.54) is 16.7 Å². The van der Waals surface area contributed by atoms with Crippen molar-refractivity contribution in [1.29, 1.82) is 0 Å². The molecule has 19 heavy (non-hydrogen) atoms. The van der Waals surface area contributed by atoms with Crippen molar-refractivity contribution >= 4 is 0 Å². The summed E-state index contributed by atoms with van der Waals surface area (Å²) in [6.07, 6.45) is 5.78. The molecule has 3 nitrogen and oxygen atoms in total. The summed E-state index contributed by atoms with van der Waals surface area (Å²) in [7, 11) is 0. The Morgan fingerprint density at radius 2 is 2.05 bits per heavy atom. The Morgan fingerprint density at radius 1 is 1.26 bits per heavy atom. The number of pyridine rings is 1. The Hall–Kier alpha value is -1.87. The second-order valence-electron chi connectivity index (χ2n) is 5.14. The van der Waals surface area contributed by atoms with Crippen LogP contribution in [0.5, 0.6) is 5.75 Å². The van der Waals surface area contributed by atoms with Gasteiger partial charge in [0, 0.05) is 24.5 Å². The SMILES string of the molecule is C[C@@H](NC1CCc2cc(O)ccc21)c1ccncc1. The van der Waals surface area contributed by atoms with Crippen molar-refractivity contribution in [3.8, 4) is 5.75 Å². The molecule has 2 atom stereocenters. The zero-order valence-electron chi connectivity index (χ0n) is 11.0. The van der Waals surface area contributed by atoms with Crippen molar-refractivity contribution in [3.63, 3.8) is 0 Å². The predicted octanol–water partition coefficient (Wildman–Crippen LogP) is 3.13. The van der Waals surface area contributed by atoms with Gasteiger partial charge in [-0.3, -0.25) is 4.98 Å². The molecule has 1 heterocycles. The molecule has 3 rings (SSSR count). The van der Waals surface area contributed by atoms with Gasteiger partial charge in [0.15, 0.2) is 0 Å². The van der Waals surface area contributed by atoms with Crippen LogP contribution in [-0.2, 0) is 6.42 Å². The molecule has 0 bridgehead atoms. The normalized spacial score (nSPS) is 19.1. The minimum absolute atomic E-state index is 0.299. The summed E-state index contributed by atoms with van der Waals surface area (Å²) >= 11 is 0. The van der Waals surface area contributed by atoms with Crippen LogP contribution >= 0.6 is 0 Å². The number of aromatic nitrogens is 1. The number of fused-ring (bicyclic) bond motifs is 1. The van der Waals surface area contributed by atoms with Crippen molar-refractivity contribution in [2.24, 2.45) is 0 Å². The highest BCUT2D eigenvalue weighted by Gasteiger charge is 2.24. The van der Waals surface area contributed by atoms with Gasteiger partial charge in [0.1, 0.15) is 5.75 Å². The summed E-state index contributed by atoms with van der Waals surface area (Å²) in [6, 6.07) is 10.5. The zero-order valence-corrected chi connectivity index (χ0v) is 11.0. The van der Waals surface area contributed by atoms with E-state index in [1.807, 2.05) is 36.7 Å². The highest BCUT2D eigenvalue weighted by atomic mass is 16.3. The maximum Gasteiger partial charge on any atom is 0.115 e. The van der Waals surface area contributed by atoms with Crippen LogP contribution in [0.2, 0.25) is 0 Å². The van der Waals surface area contributed by atoms with Gasteiger partial charge < -0.3 is 10.4 Å². The molecule has 0 saturated heterocycles. The Morgan fingerprint density at radius 3 is 2.84 bits per heavy atom. The lowest BCUT2D eigenvalue weighted by atomic mass is 10.0. The van der Waals surface area contributed by atoms with Crippen LogP contribution in [0.3, 0.4) is 0 Å². The van der Waals surface area contributed by atoms with Crippen LogP contribution in [0, 0.1) is 0 Å². The first-order valence-corrected chi connectivity index (χ1v) is 6.72. The summed E-state index contributed by atoms with van der Waals surface area (Å²) in [5.41, 5.74) is 3.83. The number of rotatable bonds is 3. The summed E-state index contributed by atoms with van der Waals surface area (Å²) in [4.78, 5) is 4.05. The summed E-state index contributed by atoms with van der Waals surface area (Å²) in [5, 5.41) is 13.2. The van der Waals surface area contributed by atoms with Gasteiger partial charge in [-0.05, 0) is 60.7 Å². The average molecular weight is 254 g/mol. The Labute approximate surface area is 113 Å². The van der Waals surface area contributed by atoms with E-state index in [9.17, 15) is 5.11 Å². The van der Waals surface area contributed by atoms with E-state index >= 15 is 0 Å². The third kappa shape index (κ3) is 2.47. The molecule has 2 N–H and O–H groups in total. The maximum atomic E-state index is 9.52. The molecular formula is C16H18N2O. The number of aryl methyl sites for hydroxylation is 1. The van der Waals surface area contributed by atoms with Gasteiger partial charge in [-0.15, -0.1) is 0 Å². The van der Waals surface area contributed by atoms with E-state index in [0.717, 1.165) is 12.8 Å². The highest BCUT2D eigenvalue weighted by molar-refractivity contribution is 5.40. The minimum Gasteiger partial charge on any atom is -0.508 e. The fourth-order valence-corrected chi connectivity index (χ4v) is 2.83. The van der Waals surface area contributed by atoms with E-state index in [2.05, 4.69) is 17.2 Å². The lowest BCUT2D eigenvalue weighted by Crippen LogP contribution is -2.22. The quantitative estimate of drug-likeness (QED) is 0.884. The fraction of sp³-hybridized carbons (Fsp3) is 0.312. The van der Waals surface area contributed by atoms with Crippen molar-refractivity contribution in [3.05, 3.63) is 59.4 Å². The molecule has 3 heteroatoms. The van der Waals surface area contributed by atoms with Gasteiger partial charge in [-0.1, -0.05) is 6.07 Å². The van der Waals surface area contributed by atoms with Crippen molar-refractivity contribution in [1.82, 2.24) is 10.3 Å². The molecule has 0 saturated carbocycles. The highest BCUT2D eigenvalue weighted by Crippen LogP contribution is 2.34. The van der Waals surface area contributed by atoms with Crippen molar-refractivity contribution in [2.45, 2.75) is 31.8 Å². The van der Waals surface area contributed by atoms with E-state index in [1.54, 1.807) is 6.07 Å². The number of phenolic OH excluding ortho intramolecular Hbond substituents is 1. The molecule has 0 fully saturated rings. The third-order valence-corrected chi connectivity index (χ3v) is 3.86. The molecule has 0 amide bonds. The fourth-order valence-electron chi connectivity index (χ4n) is 2.83. The lowest BCUT2D eigenvalue weighted by Gasteiger charge is -2.20. The molecule has 98 valence electrons. The molecule has 1 aromatic heterocycles. The molecule has 0 spiro atoms. The average Bonchev–Trinajstić information content (AvgIpc) is 2.82. The standard InChI is InChI=1S/C16H18N2O/c1-11(12-6-8-17-9-7-12)18-16-5-2-13-10-14(19)3-4-15(13)16/h3-4,6-11,16,18-19H,2,5H2,1H3/t11-,16?/m1/s1. The van der Waals surface area contributed by atoms with E-state index in [4.69, 9.17) is 0 Å². The Balaban J connectivity index is 1.76. The van der Waals surface area contributed by atoms with Crippen molar-refractivity contribution < 1.29 is 5.11 Å². The number of benzene rings is 1. The van der Waals surface area contributed by atoms with Gasteiger partial charge in [-0.25, -0.2) is 0 Å². The topological polar surface area (TPSA) is 45.1 Å². The predicted molar refractivity (Wildman–Crippen MR) is 75.0 cm³/mol. The molecule has 1 aliphatic carbocycles. The van der Waals surface area contributed by atoms with Gasteiger partial charge in [0.2, 0.25) is 0 Å². The van der Waals surface area contributed by atoms with E-state index in [0.29, 0.717) is 17.8 Å². The number of hydrogen-bond donors (Lipinski definition) is 2.